The van der Waals surface area contributed by atoms with Crippen LogP contribution >= 0.6 is 0 Å². The largest absolute Gasteiger partial charge is 0.494 e. The fourth-order valence-electron chi connectivity index (χ4n) is 4.08. The van der Waals surface area contributed by atoms with E-state index in [4.69, 9.17) is 9.84 Å². The summed E-state index contributed by atoms with van der Waals surface area (Å²) in [4.78, 5) is 22.3. The summed E-state index contributed by atoms with van der Waals surface area (Å²) < 4.78 is 21.0. The lowest BCUT2D eigenvalue weighted by Gasteiger charge is -2.29. The number of hydrogen-bond donors (Lipinski definition) is 2. The Balaban J connectivity index is 1.63. The van der Waals surface area contributed by atoms with Crippen LogP contribution in [0.25, 0.3) is 11.4 Å². The molecular formula is C26H23FN6O2. The molecule has 1 atom stereocenters. The molecule has 4 aromatic rings. The van der Waals surface area contributed by atoms with E-state index in [-0.39, 0.29) is 11.7 Å². The number of nitrogens with zero attached hydrogens (tertiary/aromatic N) is 4. The first-order valence-electron chi connectivity index (χ1n) is 11.2. The number of rotatable bonds is 6. The third-order valence-electron chi connectivity index (χ3n) is 5.63. The van der Waals surface area contributed by atoms with E-state index in [1.54, 1.807) is 41.3 Å². The summed E-state index contributed by atoms with van der Waals surface area (Å²) in [5.41, 5.74) is 3.10. The van der Waals surface area contributed by atoms with Gasteiger partial charge in [-0.15, -0.1) is 5.10 Å². The molecule has 8 nitrogen and oxygen atoms in total. The van der Waals surface area contributed by atoms with E-state index < -0.39 is 6.04 Å². The predicted octanol–water partition coefficient (Wildman–Crippen LogP) is 4.81. The Morgan fingerprint density at radius 1 is 1.14 bits per heavy atom. The van der Waals surface area contributed by atoms with Crippen molar-refractivity contribution >= 4 is 17.5 Å². The number of halogens is 1. The Morgan fingerprint density at radius 2 is 1.94 bits per heavy atom. The van der Waals surface area contributed by atoms with Crippen molar-refractivity contribution < 1.29 is 13.9 Å². The number of pyridine rings is 1. The molecule has 5 rings (SSSR count). The van der Waals surface area contributed by atoms with Gasteiger partial charge < -0.3 is 15.4 Å². The molecule has 0 aliphatic carbocycles. The molecule has 1 amide bonds. The number of carbonyl (C=O) groups is 1. The van der Waals surface area contributed by atoms with Crippen molar-refractivity contribution in [3.05, 3.63) is 95.7 Å². The first kappa shape index (κ1) is 22.3. The molecule has 1 aliphatic rings. The predicted molar refractivity (Wildman–Crippen MR) is 130 cm³/mol. The van der Waals surface area contributed by atoms with Crippen LogP contribution in [-0.4, -0.2) is 32.3 Å². The van der Waals surface area contributed by atoms with Gasteiger partial charge in [-0.25, -0.2) is 9.07 Å². The second-order valence-electron chi connectivity index (χ2n) is 7.94. The molecule has 2 aromatic carbocycles. The molecule has 2 N–H and O–H groups in total. The van der Waals surface area contributed by atoms with Crippen molar-refractivity contribution in [2.24, 2.45) is 0 Å². The lowest BCUT2D eigenvalue weighted by atomic mass is 9.94. The lowest BCUT2D eigenvalue weighted by molar-refractivity contribution is -0.113. The lowest BCUT2D eigenvalue weighted by Crippen LogP contribution is -2.31. The summed E-state index contributed by atoms with van der Waals surface area (Å²) in [5.74, 6) is 0.880. The summed E-state index contributed by atoms with van der Waals surface area (Å²) in [6, 6.07) is 16.4. The van der Waals surface area contributed by atoms with Gasteiger partial charge in [0.25, 0.3) is 5.91 Å². The minimum Gasteiger partial charge on any atom is -0.494 e. The second kappa shape index (κ2) is 9.38. The molecule has 35 heavy (non-hydrogen) atoms. The Hall–Kier alpha value is -4.53. The van der Waals surface area contributed by atoms with Crippen molar-refractivity contribution in [3.63, 3.8) is 0 Å². The fourth-order valence-corrected chi connectivity index (χ4v) is 4.08. The molecule has 0 spiro atoms. The van der Waals surface area contributed by atoms with Crippen molar-refractivity contribution in [1.82, 2.24) is 19.7 Å². The zero-order valence-electron chi connectivity index (χ0n) is 19.2. The van der Waals surface area contributed by atoms with Gasteiger partial charge in [-0.05, 0) is 56.3 Å². The van der Waals surface area contributed by atoms with Crippen LogP contribution in [0.1, 0.15) is 25.5 Å². The summed E-state index contributed by atoms with van der Waals surface area (Å²) in [7, 11) is 0. The molecular weight excluding hydrogens is 447 g/mol. The van der Waals surface area contributed by atoms with E-state index in [1.165, 1.54) is 12.1 Å². The number of benzene rings is 2. The summed E-state index contributed by atoms with van der Waals surface area (Å²) in [6.07, 6.45) is 3.23. The SMILES string of the molecule is CCOc1ccccc1C1C(C(=O)Nc2cccnc2)=C(C)Nc2nc(-c3ccc(F)cc3)nn21. The van der Waals surface area contributed by atoms with Crippen LogP contribution in [0.5, 0.6) is 5.75 Å². The van der Waals surface area contributed by atoms with Gasteiger partial charge in [0.15, 0.2) is 5.82 Å². The number of amides is 1. The van der Waals surface area contributed by atoms with Gasteiger partial charge in [-0.3, -0.25) is 9.78 Å². The highest BCUT2D eigenvalue weighted by atomic mass is 19.1. The average Bonchev–Trinajstić information content (AvgIpc) is 3.28. The first-order valence-corrected chi connectivity index (χ1v) is 11.2. The van der Waals surface area contributed by atoms with E-state index >= 15 is 0 Å². The van der Waals surface area contributed by atoms with Crippen LogP contribution in [0.3, 0.4) is 0 Å². The standard InChI is InChI=1S/C26H23FN6O2/c1-3-35-21-9-5-4-8-20(21)23-22(25(34)30-19-7-6-14-28-15-19)16(2)29-26-31-24(32-33(23)26)17-10-12-18(27)13-11-17/h4-15,23H,3H2,1-2H3,(H,30,34)(H,29,31,32). The normalized spacial score (nSPS) is 14.8. The maximum Gasteiger partial charge on any atom is 0.255 e. The van der Waals surface area contributed by atoms with Gasteiger partial charge in [0, 0.05) is 23.0 Å². The van der Waals surface area contributed by atoms with Crippen LogP contribution in [0.2, 0.25) is 0 Å². The highest BCUT2D eigenvalue weighted by Crippen LogP contribution is 2.40. The van der Waals surface area contributed by atoms with Gasteiger partial charge in [0.2, 0.25) is 5.95 Å². The van der Waals surface area contributed by atoms with E-state index in [0.29, 0.717) is 46.7 Å². The Morgan fingerprint density at radius 3 is 2.69 bits per heavy atom. The van der Waals surface area contributed by atoms with E-state index in [0.717, 1.165) is 5.56 Å². The molecule has 0 saturated heterocycles. The highest BCUT2D eigenvalue weighted by Gasteiger charge is 2.36. The number of anilines is 2. The van der Waals surface area contributed by atoms with Crippen molar-refractivity contribution in [2.45, 2.75) is 19.9 Å². The maximum atomic E-state index is 13.6. The number of carbonyl (C=O) groups excluding carboxylic acids is 1. The highest BCUT2D eigenvalue weighted by molar-refractivity contribution is 6.06. The fraction of sp³-hybridized carbons (Fsp3) is 0.154. The molecule has 0 bridgehead atoms. The van der Waals surface area contributed by atoms with Crippen LogP contribution in [-0.2, 0) is 4.79 Å². The number of nitrogens with one attached hydrogen (secondary N) is 2. The summed E-state index contributed by atoms with van der Waals surface area (Å²) in [6.45, 7) is 4.20. The van der Waals surface area contributed by atoms with Crippen LogP contribution in [0, 0.1) is 5.82 Å². The minimum atomic E-state index is -0.618. The quantitative estimate of drug-likeness (QED) is 0.420. The van der Waals surface area contributed by atoms with E-state index in [1.807, 2.05) is 38.1 Å². The first-order chi connectivity index (χ1) is 17.0. The smallest absolute Gasteiger partial charge is 0.255 e. The van der Waals surface area contributed by atoms with Gasteiger partial charge >= 0.3 is 0 Å². The monoisotopic (exact) mass is 470 g/mol. The molecule has 3 heterocycles. The summed E-state index contributed by atoms with van der Waals surface area (Å²) in [5, 5.41) is 10.9. The Bertz CT molecular complexity index is 1400. The van der Waals surface area contributed by atoms with E-state index in [9.17, 15) is 9.18 Å². The average molecular weight is 471 g/mol. The zero-order chi connectivity index (χ0) is 24.4. The third kappa shape index (κ3) is 4.35. The van der Waals surface area contributed by atoms with Crippen molar-refractivity contribution in [3.8, 4) is 17.1 Å². The molecule has 0 radical (unpaired) electrons. The Kier molecular flexibility index (Phi) is 5.97. The number of hydrogen-bond acceptors (Lipinski definition) is 6. The number of para-hydroxylation sites is 1. The van der Waals surface area contributed by atoms with Gasteiger partial charge in [-0.2, -0.15) is 4.98 Å². The van der Waals surface area contributed by atoms with E-state index in [2.05, 4.69) is 20.6 Å². The maximum absolute atomic E-state index is 13.6. The molecule has 176 valence electrons. The van der Waals surface area contributed by atoms with Crippen LogP contribution in [0.15, 0.2) is 84.3 Å². The van der Waals surface area contributed by atoms with Crippen LogP contribution in [0.4, 0.5) is 16.0 Å². The number of fused-ring (bicyclic) bond motifs is 1. The zero-order valence-corrected chi connectivity index (χ0v) is 19.2. The van der Waals surface area contributed by atoms with Gasteiger partial charge in [0.05, 0.1) is 24.1 Å². The topological polar surface area (TPSA) is 94.0 Å². The molecule has 1 aliphatic heterocycles. The molecule has 9 heteroatoms. The van der Waals surface area contributed by atoms with Crippen molar-refractivity contribution in [2.75, 3.05) is 17.2 Å². The van der Waals surface area contributed by atoms with Gasteiger partial charge in [-0.1, -0.05) is 18.2 Å². The molecule has 2 aromatic heterocycles. The van der Waals surface area contributed by atoms with Crippen molar-refractivity contribution in [1.29, 1.82) is 0 Å². The van der Waals surface area contributed by atoms with Gasteiger partial charge in [0.1, 0.15) is 17.6 Å². The molecule has 1 unspecified atom stereocenters. The van der Waals surface area contributed by atoms with Crippen LogP contribution < -0.4 is 15.4 Å². The molecule has 0 fully saturated rings. The third-order valence-corrected chi connectivity index (χ3v) is 5.63. The number of ether oxygens (including phenoxy) is 1. The second-order valence-corrected chi connectivity index (χ2v) is 7.94. The number of aromatic nitrogens is 4. The summed E-state index contributed by atoms with van der Waals surface area (Å²) >= 11 is 0. The Labute approximate surface area is 201 Å². The minimum absolute atomic E-state index is 0.302. The number of allylic oxidation sites excluding steroid dienone is 1. The molecule has 0 saturated carbocycles.